The van der Waals surface area contributed by atoms with Crippen molar-refractivity contribution in [3.05, 3.63) is 109 Å². The Labute approximate surface area is 255 Å². The fourth-order valence-corrected chi connectivity index (χ4v) is 14.7. The summed E-state index contributed by atoms with van der Waals surface area (Å²) in [5.41, 5.74) is 0. The van der Waals surface area contributed by atoms with Gasteiger partial charge < -0.3 is 4.43 Å². The molecule has 1 N–H and O–H groups in total. The SMILES string of the molecule is CO[Si](C)(C)CCCCCCCCOc1ccc(O)cc1P(Br)(c1ccccc1)(c1ccccc1)c1ccccc1. The van der Waals surface area contributed by atoms with Crippen LogP contribution in [-0.4, -0.2) is 27.1 Å². The Morgan fingerprint density at radius 1 is 0.659 bits per heavy atom. The summed E-state index contributed by atoms with van der Waals surface area (Å²) in [7, 11) is 0.417. The summed E-state index contributed by atoms with van der Waals surface area (Å²) in [6.07, 6.45) is 7.15. The summed E-state index contributed by atoms with van der Waals surface area (Å²) in [5.74, 6) is 1.03. The number of unbranched alkanes of at least 4 members (excludes halogenated alkanes) is 5. The fraction of sp³-hybridized carbons (Fsp3) is 0.314. The maximum atomic E-state index is 10.9. The van der Waals surface area contributed by atoms with Crippen molar-refractivity contribution in [3.63, 3.8) is 0 Å². The molecule has 0 unspecified atom stereocenters. The van der Waals surface area contributed by atoms with Gasteiger partial charge in [-0.1, -0.05) is 0 Å². The number of phenolic OH excluding ortho intramolecular Hbond substituents is 1. The summed E-state index contributed by atoms with van der Waals surface area (Å²) in [5, 5.41) is 11.8. The second-order valence-corrected chi connectivity index (χ2v) is 24.1. The van der Waals surface area contributed by atoms with Crippen molar-refractivity contribution in [3.8, 4) is 11.5 Å². The zero-order valence-corrected chi connectivity index (χ0v) is 28.1. The first kappa shape index (κ1) is 31.5. The first-order valence-electron chi connectivity index (χ1n) is 14.7. The van der Waals surface area contributed by atoms with Crippen molar-refractivity contribution in [1.82, 2.24) is 0 Å². The number of benzene rings is 4. The normalized spacial score (nSPS) is 12.9. The molecule has 0 spiro atoms. The Morgan fingerprint density at radius 2 is 1.12 bits per heavy atom. The van der Waals surface area contributed by atoms with Gasteiger partial charge in [0.25, 0.3) is 0 Å². The van der Waals surface area contributed by atoms with E-state index in [0.717, 1.165) is 39.8 Å². The molecule has 41 heavy (non-hydrogen) atoms. The van der Waals surface area contributed by atoms with Crippen LogP contribution in [0.2, 0.25) is 19.1 Å². The predicted molar refractivity (Wildman–Crippen MR) is 184 cm³/mol. The van der Waals surface area contributed by atoms with Crippen molar-refractivity contribution in [1.29, 1.82) is 0 Å². The fourth-order valence-electron chi connectivity index (χ4n) is 5.59. The molecule has 0 heterocycles. The van der Waals surface area contributed by atoms with E-state index >= 15 is 0 Å². The Kier molecular flexibility index (Phi) is 10.9. The van der Waals surface area contributed by atoms with E-state index in [9.17, 15) is 5.11 Å². The van der Waals surface area contributed by atoms with Gasteiger partial charge in [-0.2, -0.15) is 0 Å². The molecule has 0 saturated heterocycles. The van der Waals surface area contributed by atoms with Crippen LogP contribution in [0, 0.1) is 0 Å². The van der Waals surface area contributed by atoms with Gasteiger partial charge in [0.2, 0.25) is 0 Å². The minimum absolute atomic E-state index is 0.225. The van der Waals surface area contributed by atoms with E-state index in [4.69, 9.17) is 9.16 Å². The average molecular weight is 652 g/mol. The van der Waals surface area contributed by atoms with E-state index < -0.39 is 13.6 Å². The number of hydrogen-bond acceptors (Lipinski definition) is 3. The van der Waals surface area contributed by atoms with Crippen LogP contribution in [0.5, 0.6) is 11.5 Å². The molecule has 0 aliphatic heterocycles. The minimum atomic E-state index is -3.49. The second-order valence-electron chi connectivity index (χ2n) is 11.4. The molecular formula is C35H44BrO3PSi. The van der Waals surface area contributed by atoms with Crippen LogP contribution in [0.25, 0.3) is 0 Å². The number of hydrogen-bond donors (Lipinski definition) is 1. The van der Waals surface area contributed by atoms with E-state index in [1.54, 1.807) is 6.07 Å². The number of phenols is 1. The number of aromatic hydroxyl groups is 1. The molecule has 0 amide bonds. The van der Waals surface area contributed by atoms with Crippen molar-refractivity contribution in [2.45, 2.75) is 57.7 Å². The van der Waals surface area contributed by atoms with Gasteiger partial charge in [0.15, 0.2) is 0 Å². The molecule has 0 aliphatic carbocycles. The Morgan fingerprint density at radius 3 is 1.61 bits per heavy atom. The van der Waals surface area contributed by atoms with Crippen molar-refractivity contribution < 1.29 is 14.3 Å². The van der Waals surface area contributed by atoms with Crippen molar-refractivity contribution in [2.75, 3.05) is 13.7 Å². The Bertz CT molecular complexity index is 1270. The van der Waals surface area contributed by atoms with E-state index in [-0.39, 0.29) is 5.75 Å². The first-order valence-corrected chi connectivity index (χ1v) is 22.1. The third kappa shape index (κ3) is 6.97. The summed E-state index contributed by atoms with van der Waals surface area (Å²) >= 11 is 4.52. The summed E-state index contributed by atoms with van der Waals surface area (Å²) in [6.45, 7) is 5.23. The number of rotatable bonds is 15. The van der Waals surface area contributed by atoms with Gasteiger partial charge in [-0.25, -0.2) is 0 Å². The van der Waals surface area contributed by atoms with E-state index in [1.807, 2.05) is 37.4 Å². The molecule has 0 saturated carbocycles. The van der Waals surface area contributed by atoms with Gasteiger partial charge in [0.05, 0.1) is 0 Å². The molecule has 0 atom stereocenters. The van der Waals surface area contributed by atoms with Crippen LogP contribution in [0.1, 0.15) is 38.5 Å². The van der Waals surface area contributed by atoms with Crippen LogP contribution >= 0.6 is 20.8 Å². The van der Waals surface area contributed by atoms with Gasteiger partial charge in [0.1, 0.15) is 0 Å². The van der Waals surface area contributed by atoms with Gasteiger partial charge in [-0.3, -0.25) is 0 Å². The van der Waals surface area contributed by atoms with Gasteiger partial charge in [-0.05, 0) is 13.1 Å². The average Bonchev–Trinajstić information content (AvgIpc) is 3.02. The molecule has 0 aliphatic rings. The van der Waals surface area contributed by atoms with E-state index in [2.05, 4.69) is 101 Å². The molecule has 3 nitrogen and oxygen atoms in total. The third-order valence-electron chi connectivity index (χ3n) is 8.10. The number of halogens is 1. The molecule has 218 valence electrons. The van der Waals surface area contributed by atoms with E-state index in [0.29, 0.717) is 6.61 Å². The molecule has 0 fully saturated rings. The van der Waals surface area contributed by atoms with Gasteiger partial charge in [0, 0.05) is 7.11 Å². The van der Waals surface area contributed by atoms with Crippen LogP contribution in [-0.2, 0) is 4.43 Å². The zero-order valence-electron chi connectivity index (χ0n) is 24.6. The van der Waals surface area contributed by atoms with Crippen LogP contribution in [0.15, 0.2) is 109 Å². The Balaban J connectivity index is 1.63. The monoisotopic (exact) mass is 650 g/mol. The molecule has 0 radical (unpaired) electrons. The van der Waals surface area contributed by atoms with E-state index in [1.165, 1.54) is 31.7 Å². The van der Waals surface area contributed by atoms with Crippen molar-refractivity contribution in [2.24, 2.45) is 0 Å². The van der Waals surface area contributed by atoms with Crippen LogP contribution in [0.3, 0.4) is 0 Å². The first-order chi connectivity index (χ1) is 19.8. The number of ether oxygens (including phenoxy) is 1. The third-order valence-corrected chi connectivity index (χ3v) is 20.7. The quantitative estimate of drug-likeness (QED) is 0.0797. The Hall–Kier alpha value is -2.43. The van der Waals surface area contributed by atoms with Gasteiger partial charge in [-0.15, -0.1) is 0 Å². The molecule has 6 heteroatoms. The van der Waals surface area contributed by atoms with Crippen molar-refractivity contribution >= 4 is 50.3 Å². The second kappa shape index (κ2) is 14.2. The summed E-state index contributed by atoms with van der Waals surface area (Å²) in [4.78, 5) is 0. The molecule has 4 rings (SSSR count). The van der Waals surface area contributed by atoms with Crippen LogP contribution in [0.4, 0.5) is 0 Å². The molecule has 0 aromatic heterocycles. The zero-order chi connectivity index (χ0) is 29.2. The molecule has 4 aromatic carbocycles. The standard InChI is InChI=1S/C35H44BrO3PSi/c1-38-41(2,3)28-18-7-5-4-6-17-27-39-34-26-25-30(37)29-35(34)40(36,31-19-11-8-12-20-31,32-21-13-9-14-22-32)33-23-15-10-16-24-33/h8-16,19-26,29,37H,4-7,17-18,27-28H2,1-3H3. The summed E-state index contributed by atoms with van der Waals surface area (Å²) in [6, 6.07) is 38.6. The maximum absolute atomic E-state index is 10.9. The topological polar surface area (TPSA) is 38.7 Å². The molecule has 4 aromatic rings. The van der Waals surface area contributed by atoms with Crippen LogP contribution < -0.4 is 26.0 Å². The predicted octanol–water partition coefficient (Wildman–Crippen LogP) is 8.43. The molecular weight excluding hydrogens is 607 g/mol. The molecule has 0 bridgehead atoms. The summed E-state index contributed by atoms with van der Waals surface area (Å²) < 4.78 is 12.3. The van der Waals surface area contributed by atoms with Gasteiger partial charge >= 0.3 is 232 Å².